The summed E-state index contributed by atoms with van der Waals surface area (Å²) in [6.07, 6.45) is 4.71. The van der Waals surface area contributed by atoms with E-state index < -0.39 is 0 Å². The van der Waals surface area contributed by atoms with Crippen LogP contribution >= 0.6 is 0 Å². The van der Waals surface area contributed by atoms with Crippen LogP contribution in [0.2, 0.25) is 0 Å². The number of hydrogen-bond donors (Lipinski definition) is 1. The van der Waals surface area contributed by atoms with Crippen LogP contribution in [0.25, 0.3) is 11.1 Å². The van der Waals surface area contributed by atoms with Crippen LogP contribution < -0.4 is 15.2 Å². The highest BCUT2D eigenvalue weighted by molar-refractivity contribution is 5.77. The van der Waals surface area contributed by atoms with E-state index in [2.05, 4.69) is 5.16 Å². The molecule has 3 rings (SSSR count). The van der Waals surface area contributed by atoms with Gasteiger partial charge in [0.05, 0.1) is 19.8 Å². The number of ether oxygens (including phenoxy) is 2. The zero-order valence-electron chi connectivity index (χ0n) is 12.4. The molecule has 1 aromatic carbocycles. The van der Waals surface area contributed by atoms with E-state index in [9.17, 15) is 0 Å². The molecule has 1 aromatic heterocycles. The first kappa shape index (κ1) is 13.8. The molecule has 5 heteroatoms. The first-order valence-electron chi connectivity index (χ1n) is 7.19. The van der Waals surface area contributed by atoms with E-state index in [-0.39, 0.29) is 0 Å². The van der Waals surface area contributed by atoms with Crippen molar-refractivity contribution in [2.75, 3.05) is 20.0 Å². The first-order chi connectivity index (χ1) is 10.2. The standard InChI is InChI=1S/C16H20N2O3/c1-19-12-7-6-11(9-13(12)20-2)15-14(21-18-16(15)17)8-10-4-3-5-10/h6-7,9-10H,3-5,8H2,1-2H3,(H2,17,18). The van der Waals surface area contributed by atoms with Crippen molar-refractivity contribution in [2.24, 2.45) is 5.92 Å². The van der Waals surface area contributed by atoms with Gasteiger partial charge in [0.25, 0.3) is 0 Å². The third-order valence-corrected chi connectivity index (χ3v) is 4.16. The number of aromatic nitrogens is 1. The fourth-order valence-corrected chi connectivity index (χ4v) is 2.74. The van der Waals surface area contributed by atoms with Gasteiger partial charge in [-0.25, -0.2) is 0 Å². The molecule has 0 unspecified atom stereocenters. The summed E-state index contributed by atoms with van der Waals surface area (Å²) in [5, 5.41) is 3.93. The van der Waals surface area contributed by atoms with Crippen molar-refractivity contribution in [3.05, 3.63) is 24.0 Å². The summed E-state index contributed by atoms with van der Waals surface area (Å²) < 4.78 is 16.1. The molecule has 2 aromatic rings. The third kappa shape index (κ3) is 2.55. The summed E-state index contributed by atoms with van der Waals surface area (Å²) in [7, 11) is 3.24. The quantitative estimate of drug-likeness (QED) is 0.914. The maximum Gasteiger partial charge on any atom is 0.175 e. The highest BCUT2D eigenvalue weighted by Crippen LogP contribution is 2.39. The summed E-state index contributed by atoms with van der Waals surface area (Å²) in [5.74, 6) is 3.35. The molecule has 1 saturated carbocycles. The lowest BCUT2D eigenvalue weighted by Gasteiger charge is -2.24. The van der Waals surface area contributed by atoms with Gasteiger partial charge in [-0.15, -0.1) is 0 Å². The number of nitrogen functional groups attached to an aromatic ring is 1. The Labute approximate surface area is 124 Å². The lowest BCUT2D eigenvalue weighted by Crippen LogP contribution is -2.13. The lowest BCUT2D eigenvalue weighted by atomic mass is 9.81. The number of methoxy groups -OCH3 is 2. The molecule has 112 valence electrons. The molecule has 0 aliphatic heterocycles. The van der Waals surface area contributed by atoms with Gasteiger partial charge in [0.15, 0.2) is 17.3 Å². The Morgan fingerprint density at radius 1 is 1.24 bits per heavy atom. The number of nitrogens with zero attached hydrogens (tertiary/aromatic N) is 1. The Hall–Kier alpha value is -2.17. The first-order valence-corrected chi connectivity index (χ1v) is 7.19. The highest BCUT2D eigenvalue weighted by atomic mass is 16.5. The van der Waals surface area contributed by atoms with E-state index in [0.717, 1.165) is 23.3 Å². The average molecular weight is 288 g/mol. The summed E-state index contributed by atoms with van der Waals surface area (Å²) >= 11 is 0. The van der Waals surface area contributed by atoms with Crippen molar-refractivity contribution in [2.45, 2.75) is 25.7 Å². The molecule has 0 atom stereocenters. The molecule has 1 aliphatic carbocycles. The zero-order valence-corrected chi connectivity index (χ0v) is 12.4. The molecule has 21 heavy (non-hydrogen) atoms. The van der Waals surface area contributed by atoms with E-state index >= 15 is 0 Å². The molecular formula is C16H20N2O3. The van der Waals surface area contributed by atoms with E-state index in [4.69, 9.17) is 19.7 Å². The second kappa shape index (κ2) is 5.68. The maximum atomic E-state index is 5.99. The van der Waals surface area contributed by atoms with Crippen LogP contribution in [-0.4, -0.2) is 19.4 Å². The number of hydrogen-bond acceptors (Lipinski definition) is 5. The molecular weight excluding hydrogens is 268 g/mol. The van der Waals surface area contributed by atoms with Crippen molar-refractivity contribution < 1.29 is 14.0 Å². The van der Waals surface area contributed by atoms with Crippen molar-refractivity contribution >= 4 is 5.82 Å². The molecule has 0 spiro atoms. The maximum absolute atomic E-state index is 5.99. The number of nitrogens with two attached hydrogens (primary N) is 1. The summed E-state index contributed by atoms with van der Waals surface area (Å²) in [4.78, 5) is 0. The van der Waals surface area contributed by atoms with Crippen LogP contribution in [0.1, 0.15) is 25.0 Å². The molecule has 1 heterocycles. The van der Waals surface area contributed by atoms with Gasteiger partial charge in [0.1, 0.15) is 5.76 Å². The molecule has 0 saturated heterocycles. The number of anilines is 1. The molecule has 1 aliphatic rings. The minimum Gasteiger partial charge on any atom is -0.493 e. The summed E-state index contributed by atoms with van der Waals surface area (Å²) in [6.45, 7) is 0. The van der Waals surface area contributed by atoms with Gasteiger partial charge in [-0.1, -0.05) is 30.5 Å². The Bertz CT molecular complexity index is 632. The minimum atomic E-state index is 0.427. The van der Waals surface area contributed by atoms with Gasteiger partial charge in [-0.3, -0.25) is 0 Å². The van der Waals surface area contributed by atoms with Gasteiger partial charge in [-0.2, -0.15) is 0 Å². The van der Waals surface area contributed by atoms with Gasteiger partial charge in [0.2, 0.25) is 0 Å². The normalized spacial score (nSPS) is 14.8. The molecule has 2 N–H and O–H groups in total. The Morgan fingerprint density at radius 3 is 2.62 bits per heavy atom. The van der Waals surface area contributed by atoms with Crippen molar-refractivity contribution in [1.82, 2.24) is 5.16 Å². The van der Waals surface area contributed by atoms with Crippen molar-refractivity contribution in [1.29, 1.82) is 0 Å². The Balaban J connectivity index is 1.97. The topological polar surface area (TPSA) is 70.5 Å². The summed E-state index contributed by atoms with van der Waals surface area (Å²) in [6, 6.07) is 5.73. The molecule has 1 fully saturated rings. The van der Waals surface area contributed by atoms with Gasteiger partial charge in [0, 0.05) is 6.42 Å². The van der Waals surface area contributed by atoms with Crippen LogP contribution in [-0.2, 0) is 6.42 Å². The lowest BCUT2D eigenvalue weighted by molar-refractivity contribution is 0.279. The zero-order chi connectivity index (χ0) is 14.8. The SMILES string of the molecule is COc1ccc(-c2c(N)noc2CC2CCC2)cc1OC. The average Bonchev–Trinajstić information content (AvgIpc) is 2.83. The Morgan fingerprint density at radius 2 is 2.00 bits per heavy atom. The van der Waals surface area contributed by atoms with Crippen molar-refractivity contribution in [3.8, 4) is 22.6 Å². The second-order valence-corrected chi connectivity index (χ2v) is 5.44. The predicted molar refractivity (Wildman–Crippen MR) is 80.5 cm³/mol. The molecule has 0 amide bonds. The van der Waals surface area contributed by atoms with Crippen LogP contribution in [0, 0.1) is 5.92 Å². The third-order valence-electron chi connectivity index (χ3n) is 4.16. The van der Waals surface area contributed by atoms with E-state index in [0.29, 0.717) is 23.2 Å². The van der Waals surface area contributed by atoms with Gasteiger partial charge in [-0.05, 0) is 23.6 Å². The number of benzene rings is 1. The highest BCUT2D eigenvalue weighted by Gasteiger charge is 2.24. The van der Waals surface area contributed by atoms with E-state index in [1.807, 2.05) is 18.2 Å². The van der Waals surface area contributed by atoms with E-state index in [1.54, 1.807) is 14.2 Å². The van der Waals surface area contributed by atoms with Gasteiger partial charge >= 0.3 is 0 Å². The van der Waals surface area contributed by atoms with Crippen LogP contribution in [0.3, 0.4) is 0 Å². The fraction of sp³-hybridized carbons (Fsp3) is 0.438. The predicted octanol–water partition coefficient (Wildman–Crippen LogP) is 3.28. The van der Waals surface area contributed by atoms with Gasteiger partial charge < -0.3 is 19.7 Å². The second-order valence-electron chi connectivity index (χ2n) is 5.44. The van der Waals surface area contributed by atoms with Crippen molar-refractivity contribution in [3.63, 3.8) is 0 Å². The fourth-order valence-electron chi connectivity index (χ4n) is 2.74. The minimum absolute atomic E-state index is 0.427. The smallest absolute Gasteiger partial charge is 0.175 e. The molecule has 0 radical (unpaired) electrons. The van der Waals surface area contributed by atoms with Crippen LogP contribution in [0.5, 0.6) is 11.5 Å². The summed E-state index contributed by atoms with van der Waals surface area (Å²) in [5.41, 5.74) is 7.82. The Kier molecular flexibility index (Phi) is 3.73. The number of rotatable bonds is 5. The molecule has 0 bridgehead atoms. The van der Waals surface area contributed by atoms with Crippen LogP contribution in [0.4, 0.5) is 5.82 Å². The largest absolute Gasteiger partial charge is 0.493 e. The molecule has 5 nitrogen and oxygen atoms in total. The monoisotopic (exact) mass is 288 g/mol. The van der Waals surface area contributed by atoms with Crippen LogP contribution in [0.15, 0.2) is 22.7 Å². The van der Waals surface area contributed by atoms with E-state index in [1.165, 1.54) is 19.3 Å².